The first kappa shape index (κ1) is 14.2. The zero-order valence-electron chi connectivity index (χ0n) is 11.7. The summed E-state index contributed by atoms with van der Waals surface area (Å²) in [4.78, 5) is 20.4. The molecule has 2 aromatic heterocycles. The zero-order chi connectivity index (χ0) is 14.6. The lowest BCUT2D eigenvalue weighted by atomic mass is 9.86. The van der Waals surface area contributed by atoms with Crippen LogP contribution in [0.15, 0.2) is 37.1 Å². The average Bonchev–Trinajstić information content (AvgIpc) is 3.01. The summed E-state index contributed by atoms with van der Waals surface area (Å²) in [5, 5.41) is 2.85. The van der Waals surface area contributed by atoms with Crippen LogP contribution >= 0.6 is 0 Å². The first-order chi connectivity index (χ1) is 9.59. The fraction of sp³-hybridized carbons (Fsp3) is 0.357. The second kappa shape index (κ2) is 5.83. The smallest absolute Gasteiger partial charge is 0.231 e. The Hall–Kier alpha value is -2.21. The fourth-order valence-electron chi connectivity index (χ4n) is 1.69. The number of rotatable bonds is 5. The van der Waals surface area contributed by atoms with Gasteiger partial charge in [0.15, 0.2) is 0 Å². The van der Waals surface area contributed by atoms with Crippen LogP contribution in [0.1, 0.15) is 20.3 Å². The third kappa shape index (κ3) is 2.85. The van der Waals surface area contributed by atoms with Crippen molar-refractivity contribution in [1.29, 1.82) is 0 Å². The number of pyridine rings is 1. The Labute approximate surface area is 118 Å². The molecule has 1 amide bonds. The summed E-state index contributed by atoms with van der Waals surface area (Å²) in [6.07, 6.45) is 7.48. The molecule has 2 aromatic rings. The van der Waals surface area contributed by atoms with Gasteiger partial charge in [-0.05, 0) is 25.5 Å². The largest absolute Gasteiger partial charge is 0.329 e. The maximum atomic E-state index is 12.2. The minimum Gasteiger partial charge on any atom is -0.329 e. The molecule has 0 aliphatic carbocycles. The molecule has 20 heavy (non-hydrogen) atoms. The number of nitrogens with two attached hydrogens (primary N) is 1. The molecule has 3 N–H and O–H groups in total. The number of hydrogen-bond acceptors (Lipinski definition) is 4. The Morgan fingerprint density at radius 1 is 1.50 bits per heavy atom. The Bertz CT molecular complexity index is 558. The monoisotopic (exact) mass is 273 g/mol. The number of anilines is 1. The number of hydrogen-bond donors (Lipinski definition) is 2. The van der Waals surface area contributed by atoms with Crippen molar-refractivity contribution in [3.8, 4) is 5.82 Å². The number of aromatic nitrogens is 3. The van der Waals surface area contributed by atoms with E-state index in [4.69, 9.17) is 5.73 Å². The van der Waals surface area contributed by atoms with Gasteiger partial charge >= 0.3 is 0 Å². The SMILES string of the molecule is CCC(C)(CN)C(=O)Nc1ccc(-n2ccnc2)nc1. The van der Waals surface area contributed by atoms with Crippen LogP contribution in [0.4, 0.5) is 5.69 Å². The summed E-state index contributed by atoms with van der Waals surface area (Å²) in [5.74, 6) is 0.664. The Balaban J connectivity index is 2.10. The van der Waals surface area contributed by atoms with Crippen molar-refractivity contribution < 1.29 is 4.79 Å². The molecule has 0 bridgehead atoms. The lowest BCUT2D eigenvalue weighted by Crippen LogP contribution is -2.39. The normalized spacial score (nSPS) is 13.8. The summed E-state index contributed by atoms with van der Waals surface area (Å²) < 4.78 is 1.79. The summed E-state index contributed by atoms with van der Waals surface area (Å²) in [5.41, 5.74) is 5.78. The van der Waals surface area contributed by atoms with E-state index in [1.165, 1.54) is 0 Å². The standard InChI is InChI=1S/C14H19N5O/c1-3-14(2,9-15)13(20)18-11-4-5-12(17-8-11)19-7-6-16-10-19/h4-8,10H,3,9,15H2,1-2H3,(H,18,20). The molecule has 1 unspecified atom stereocenters. The van der Waals surface area contributed by atoms with Crippen LogP contribution in [0.25, 0.3) is 5.82 Å². The summed E-state index contributed by atoms with van der Waals surface area (Å²) in [6, 6.07) is 3.63. The first-order valence-corrected chi connectivity index (χ1v) is 6.55. The highest BCUT2D eigenvalue weighted by Crippen LogP contribution is 2.22. The Morgan fingerprint density at radius 3 is 2.80 bits per heavy atom. The van der Waals surface area contributed by atoms with Gasteiger partial charge in [0.1, 0.15) is 12.1 Å². The molecule has 6 heteroatoms. The van der Waals surface area contributed by atoms with E-state index in [0.29, 0.717) is 18.7 Å². The summed E-state index contributed by atoms with van der Waals surface area (Å²) in [7, 11) is 0. The van der Waals surface area contributed by atoms with Gasteiger partial charge in [-0.1, -0.05) is 6.92 Å². The minimum absolute atomic E-state index is 0.0836. The van der Waals surface area contributed by atoms with E-state index in [2.05, 4.69) is 15.3 Å². The van der Waals surface area contributed by atoms with Crippen molar-refractivity contribution in [2.75, 3.05) is 11.9 Å². The molecule has 0 saturated carbocycles. The second-order valence-electron chi connectivity index (χ2n) is 4.95. The van der Waals surface area contributed by atoms with Crippen molar-refractivity contribution in [2.24, 2.45) is 11.1 Å². The predicted molar refractivity (Wildman–Crippen MR) is 77.4 cm³/mol. The van der Waals surface area contributed by atoms with Crippen LogP contribution < -0.4 is 11.1 Å². The maximum absolute atomic E-state index is 12.2. The van der Waals surface area contributed by atoms with Crippen LogP contribution in [0.3, 0.4) is 0 Å². The summed E-state index contributed by atoms with van der Waals surface area (Å²) in [6.45, 7) is 4.12. The van der Waals surface area contributed by atoms with Gasteiger partial charge in [-0.25, -0.2) is 9.97 Å². The Kier molecular flexibility index (Phi) is 4.14. The van der Waals surface area contributed by atoms with Crippen LogP contribution in [-0.2, 0) is 4.79 Å². The number of carbonyl (C=O) groups excluding carboxylic acids is 1. The first-order valence-electron chi connectivity index (χ1n) is 6.55. The molecule has 2 heterocycles. The molecule has 2 rings (SSSR count). The molecule has 106 valence electrons. The number of carbonyl (C=O) groups is 1. The predicted octanol–water partition coefficient (Wildman–Crippen LogP) is 1.58. The van der Waals surface area contributed by atoms with E-state index >= 15 is 0 Å². The van der Waals surface area contributed by atoms with E-state index in [9.17, 15) is 4.79 Å². The minimum atomic E-state index is -0.553. The lowest BCUT2D eigenvalue weighted by molar-refractivity contribution is -0.124. The van der Waals surface area contributed by atoms with E-state index in [-0.39, 0.29) is 5.91 Å². The maximum Gasteiger partial charge on any atom is 0.231 e. The van der Waals surface area contributed by atoms with E-state index in [1.807, 2.05) is 32.2 Å². The van der Waals surface area contributed by atoms with Gasteiger partial charge in [0, 0.05) is 18.9 Å². The highest BCUT2D eigenvalue weighted by molar-refractivity contribution is 5.95. The molecule has 0 saturated heterocycles. The zero-order valence-corrected chi connectivity index (χ0v) is 11.7. The lowest BCUT2D eigenvalue weighted by Gasteiger charge is -2.24. The van der Waals surface area contributed by atoms with Crippen LogP contribution in [0, 0.1) is 5.41 Å². The van der Waals surface area contributed by atoms with Crippen LogP contribution in [0.2, 0.25) is 0 Å². The van der Waals surface area contributed by atoms with Gasteiger partial charge in [0.05, 0.1) is 17.3 Å². The average molecular weight is 273 g/mol. The molecule has 1 atom stereocenters. The third-order valence-corrected chi connectivity index (χ3v) is 3.55. The number of nitrogens with zero attached hydrogens (tertiary/aromatic N) is 3. The highest BCUT2D eigenvalue weighted by atomic mass is 16.2. The molecule has 0 fully saturated rings. The summed E-state index contributed by atoms with van der Waals surface area (Å²) >= 11 is 0. The molecular weight excluding hydrogens is 254 g/mol. The molecule has 6 nitrogen and oxygen atoms in total. The molecule has 0 radical (unpaired) electrons. The number of imidazole rings is 1. The molecular formula is C14H19N5O. The molecule has 0 aliphatic heterocycles. The van der Waals surface area contributed by atoms with Crippen molar-refractivity contribution in [3.63, 3.8) is 0 Å². The van der Waals surface area contributed by atoms with Crippen LogP contribution in [-0.4, -0.2) is 27.0 Å². The van der Waals surface area contributed by atoms with Crippen molar-refractivity contribution in [2.45, 2.75) is 20.3 Å². The quantitative estimate of drug-likeness (QED) is 0.866. The van der Waals surface area contributed by atoms with Gasteiger partial charge in [-0.3, -0.25) is 9.36 Å². The second-order valence-corrected chi connectivity index (χ2v) is 4.95. The van der Waals surface area contributed by atoms with Crippen molar-refractivity contribution in [1.82, 2.24) is 14.5 Å². The van der Waals surface area contributed by atoms with Gasteiger partial charge in [-0.15, -0.1) is 0 Å². The van der Waals surface area contributed by atoms with Crippen LogP contribution in [0.5, 0.6) is 0 Å². The van der Waals surface area contributed by atoms with Crippen molar-refractivity contribution in [3.05, 3.63) is 37.1 Å². The number of amides is 1. The van der Waals surface area contributed by atoms with E-state index in [0.717, 1.165) is 5.82 Å². The highest BCUT2D eigenvalue weighted by Gasteiger charge is 2.29. The van der Waals surface area contributed by atoms with Gasteiger partial charge in [-0.2, -0.15) is 0 Å². The molecule has 0 aliphatic rings. The van der Waals surface area contributed by atoms with Crippen molar-refractivity contribution >= 4 is 11.6 Å². The fourth-order valence-corrected chi connectivity index (χ4v) is 1.69. The topological polar surface area (TPSA) is 85.8 Å². The van der Waals surface area contributed by atoms with E-state index in [1.54, 1.807) is 23.3 Å². The van der Waals surface area contributed by atoms with Gasteiger partial charge < -0.3 is 11.1 Å². The Morgan fingerprint density at radius 2 is 2.30 bits per heavy atom. The van der Waals surface area contributed by atoms with E-state index < -0.39 is 5.41 Å². The number of nitrogens with one attached hydrogen (secondary N) is 1. The van der Waals surface area contributed by atoms with Gasteiger partial charge in [0.25, 0.3) is 0 Å². The molecule has 0 aromatic carbocycles. The van der Waals surface area contributed by atoms with Gasteiger partial charge in [0.2, 0.25) is 5.91 Å². The molecule has 0 spiro atoms. The third-order valence-electron chi connectivity index (χ3n) is 3.55.